The zero-order chi connectivity index (χ0) is 30.7. The number of ether oxygens (including phenoxy) is 1. The van der Waals surface area contributed by atoms with Crippen LogP contribution in [-0.4, -0.2) is 5.11 Å². The highest BCUT2D eigenvalue weighted by atomic mass is 16.5. The van der Waals surface area contributed by atoms with Crippen molar-refractivity contribution < 1.29 is 9.84 Å². The number of hydrogen-bond donors (Lipinski definition) is 1. The summed E-state index contributed by atoms with van der Waals surface area (Å²) in [6.07, 6.45) is -0.783. The molecule has 1 aliphatic heterocycles. The Balaban J connectivity index is 1.07. The predicted molar refractivity (Wildman–Crippen MR) is 183 cm³/mol. The van der Waals surface area contributed by atoms with Crippen LogP contribution in [0.4, 0.5) is 0 Å². The number of aliphatic hydroxyl groups is 1. The minimum absolute atomic E-state index is 0.0658. The summed E-state index contributed by atoms with van der Waals surface area (Å²) in [6, 6.07) is 43.4. The molecule has 0 spiro atoms. The van der Waals surface area contributed by atoms with Crippen LogP contribution in [0.1, 0.15) is 67.2 Å². The second-order valence-corrected chi connectivity index (χ2v) is 13.9. The van der Waals surface area contributed by atoms with Gasteiger partial charge in [-0.15, -0.1) is 0 Å². The molecule has 0 bridgehead atoms. The van der Waals surface area contributed by atoms with Crippen LogP contribution >= 0.6 is 0 Å². The molecular formula is C43H34O2. The molecule has 2 aliphatic carbocycles. The van der Waals surface area contributed by atoms with Gasteiger partial charge in [0.15, 0.2) is 0 Å². The van der Waals surface area contributed by atoms with Gasteiger partial charge in [-0.25, -0.2) is 0 Å². The van der Waals surface area contributed by atoms with Crippen molar-refractivity contribution in [3.8, 4) is 56.0 Å². The molecule has 0 aromatic heterocycles. The number of hydrogen-bond acceptors (Lipinski definition) is 2. The highest BCUT2D eigenvalue weighted by Gasteiger charge is 2.37. The van der Waals surface area contributed by atoms with Gasteiger partial charge in [0.05, 0.1) is 0 Å². The van der Waals surface area contributed by atoms with Crippen LogP contribution in [0.3, 0.4) is 0 Å². The van der Waals surface area contributed by atoms with E-state index in [9.17, 15) is 5.11 Å². The Kier molecular flexibility index (Phi) is 5.33. The summed E-state index contributed by atoms with van der Waals surface area (Å²) < 4.78 is 6.37. The number of rotatable bonds is 2. The Morgan fingerprint density at radius 2 is 0.822 bits per heavy atom. The fraction of sp³-hybridized carbons (Fsp3) is 0.163. The smallest absolute Gasteiger partial charge is 0.133 e. The first kappa shape index (κ1) is 26.5. The fourth-order valence-corrected chi connectivity index (χ4v) is 8.12. The highest BCUT2D eigenvalue weighted by molar-refractivity contribution is 5.85. The van der Waals surface area contributed by atoms with E-state index in [0.29, 0.717) is 11.5 Å². The van der Waals surface area contributed by atoms with Crippen LogP contribution in [0.25, 0.3) is 44.5 Å². The fourth-order valence-electron chi connectivity index (χ4n) is 8.12. The van der Waals surface area contributed by atoms with Crippen LogP contribution in [-0.2, 0) is 10.8 Å². The molecule has 2 nitrogen and oxygen atoms in total. The van der Waals surface area contributed by atoms with E-state index in [0.717, 1.165) is 33.4 Å². The Bertz CT molecular complexity index is 2060. The minimum atomic E-state index is -0.783. The van der Waals surface area contributed by atoms with Crippen molar-refractivity contribution in [1.29, 1.82) is 0 Å². The van der Waals surface area contributed by atoms with E-state index in [1.165, 1.54) is 44.5 Å². The standard InChI is InChI=1S/C43H34O2/c1-42(2)35-11-7-5-9-29(35)31-17-13-27(23-37(31)42)25-15-19-39-33(21-25)41(44)34-22-26(16-20-40(34)45-39)28-14-18-32-30-10-6-8-12-36(30)43(3,4)38(32)24-28/h5-24,41,44H,1-4H3. The first-order chi connectivity index (χ1) is 21.7. The molecule has 6 aromatic carbocycles. The second kappa shape index (κ2) is 9.06. The lowest BCUT2D eigenvalue weighted by Crippen LogP contribution is -2.15. The molecule has 0 saturated heterocycles. The number of fused-ring (bicyclic) bond motifs is 8. The third-order valence-corrected chi connectivity index (χ3v) is 10.7. The molecule has 2 heteroatoms. The maximum absolute atomic E-state index is 11.8. The molecule has 1 N–H and O–H groups in total. The van der Waals surface area contributed by atoms with Gasteiger partial charge in [0, 0.05) is 22.0 Å². The summed E-state index contributed by atoms with van der Waals surface area (Å²) in [7, 11) is 0. The van der Waals surface area contributed by atoms with E-state index >= 15 is 0 Å². The van der Waals surface area contributed by atoms with Crippen LogP contribution in [0.5, 0.6) is 11.5 Å². The maximum Gasteiger partial charge on any atom is 0.133 e. The summed E-state index contributed by atoms with van der Waals surface area (Å²) in [6.45, 7) is 9.23. The van der Waals surface area contributed by atoms with Crippen molar-refractivity contribution in [2.45, 2.75) is 44.6 Å². The van der Waals surface area contributed by atoms with Gasteiger partial charge in [-0.05, 0) is 103 Å². The maximum atomic E-state index is 11.8. The zero-order valence-electron chi connectivity index (χ0n) is 26.0. The van der Waals surface area contributed by atoms with Crippen molar-refractivity contribution in [3.05, 3.63) is 155 Å². The van der Waals surface area contributed by atoms with Gasteiger partial charge >= 0.3 is 0 Å². The molecule has 6 aromatic rings. The molecule has 45 heavy (non-hydrogen) atoms. The van der Waals surface area contributed by atoms with Gasteiger partial charge in [0.1, 0.15) is 17.6 Å². The van der Waals surface area contributed by atoms with Gasteiger partial charge in [-0.1, -0.05) is 113 Å². The Labute approximate surface area is 264 Å². The quantitative estimate of drug-likeness (QED) is 0.220. The number of aliphatic hydroxyl groups excluding tert-OH is 1. The molecule has 218 valence electrons. The van der Waals surface area contributed by atoms with Gasteiger partial charge in [-0.2, -0.15) is 0 Å². The van der Waals surface area contributed by atoms with E-state index in [1.807, 2.05) is 12.1 Å². The molecule has 0 fully saturated rings. The van der Waals surface area contributed by atoms with Crippen molar-refractivity contribution in [2.75, 3.05) is 0 Å². The monoisotopic (exact) mass is 582 g/mol. The lowest BCUT2D eigenvalue weighted by atomic mass is 9.81. The summed E-state index contributed by atoms with van der Waals surface area (Å²) in [5.74, 6) is 1.41. The summed E-state index contributed by atoms with van der Waals surface area (Å²) >= 11 is 0. The van der Waals surface area contributed by atoms with Crippen LogP contribution < -0.4 is 4.74 Å². The molecule has 3 aliphatic rings. The summed E-state index contributed by atoms with van der Waals surface area (Å²) in [4.78, 5) is 0. The molecule has 0 amide bonds. The normalized spacial score (nSPS) is 16.1. The summed E-state index contributed by atoms with van der Waals surface area (Å²) in [5, 5.41) is 11.8. The molecular weight excluding hydrogens is 548 g/mol. The summed E-state index contributed by atoms with van der Waals surface area (Å²) in [5.41, 5.74) is 16.6. The number of benzene rings is 6. The van der Waals surface area contributed by atoms with E-state index < -0.39 is 6.10 Å². The average Bonchev–Trinajstić information content (AvgIpc) is 3.44. The Morgan fingerprint density at radius 3 is 1.29 bits per heavy atom. The molecule has 0 radical (unpaired) electrons. The topological polar surface area (TPSA) is 29.5 Å². The third kappa shape index (κ3) is 3.67. The van der Waals surface area contributed by atoms with Gasteiger partial charge in [0.25, 0.3) is 0 Å². The van der Waals surface area contributed by atoms with Gasteiger partial charge < -0.3 is 9.84 Å². The zero-order valence-corrected chi connectivity index (χ0v) is 26.0. The molecule has 0 saturated carbocycles. The van der Waals surface area contributed by atoms with Gasteiger partial charge in [0.2, 0.25) is 0 Å². The lowest BCUT2D eigenvalue weighted by molar-refractivity contribution is 0.203. The van der Waals surface area contributed by atoms with E-state index in [2.05, 4.69) is 137 Å². The first-order valence-corrected chi connectivity index (χ1v) is 15.9. The highest BCUT2D eigenvalue weighted by Crippen LogP contribution is 2.52. The van der Waals surface area contributed by atoms with Crippen LogP contribution in [0.15, 0.2) is 121 Å². The molecule has 9 rings (SSSR count). The van der Waals surface area contributed by atoms with Crippen LogP contribution in [0.2, 0.25) is 0 Å². The molecule has 1 heterocycles. The third-order valence-electron chi connectivity index (χ3n) is 10.7. The Morgan fingerprint density at radius 1 is 0.444 bits per heavy atom. The second-order valence-electron chi connectivity index (χ2n) is 13.9. The van der Waals surface area contributed by atoms with Crippen molar-refractivity contribution in [3.63, 3.8) is 0 Å². The van der Waals surface area contributed by atoms with Gasteiger partial charge in [-0.3, -0.25) is 0 Å². The van der Waals surface area contributed by atoms with E-state index in [-0.39, 0.29) is 10.8 Å². The van der Waals surface area contributed by atoms with Crippen molar-refractivity contribution >= 4 is 0 Å². The lowest BCUT2D eigenvalue weighted by Gasteiger charge is -2.26. The average molecular weight is 583 g/mol. The van der Waals surface area contributed by atoms with E-state index in [1.54, 1.807) is 0 Å². The first-order valence-electron chi connectivity index (χ1n) is 15.9. The van der Waals surface area contributed by atoms with Crippen molar-refractivity contribution in [1.82, 2.24) is 0 Å². The van der Waals surface area contributed by atoms with Crippen LogP contribution in [0, 0.1) is 0 Å². The van der Waals surface area contributed by atoms with E-state index in [4.69, 9.17) is 4.74 Å². The minimum Gasteiger partial charge on any atom is -0.457 e. The Hall–Kier alpha value is -4.92. The predicted octanol–water partition coefficient (Wildman–Crippen LogP) is 10.8. The largest absolute Gasteiger partial charge is 0.457 e. The SMILES string of the molecule is CC1(C)c2ccccc2-c2ccc(-c3ccc4c(c3)C(O)c3cc(-c5ccc6c(c5)C(C)(C)c5ccccc5-6)ccc3O4)cc21. The molecule has 0 atom stereocenters. The molecule has 0 unspecified atom stereocenters. The van der Waals surface area contributed by atoms with Crippen molar-refractivity contribution in [2.24, 2.45) is 0 Å².